The zero-order valence-corrected chi connectivity index (χ0v) is 8.58. The van der Waals surface area contributed by atoms with Gasteiger partial charge in [-0.15, -0.1) is 0 Å². The molecular weight excluding hydrogens is 188 g/mol. The van der Waals surface area contributed by atoms with Gasteiger partial charge in [-0.05, 0) is 23.4 Å². The van der Waals surface area contributed by atoms with Crippen LogP contribution in [0, 0.1) is 0 Å². The lowest BCUT2D eigenvalue weighted by atomic mass is 10.5. The van der Waals surface area contributed by atoms with Gasteiger partial charge >= 0.3 is 5.65 Å². The predicted molar refractivity (Wildman–Crippen MR) is 52.6 cm³/mol. The molecule has 2 rings (SSSR count). The summed E-state index contributed by atoms with van der Waals surface area (Å²) in [6, 6.07) is 4.15. The normalized spacial score (nSPS) is 10.8. The smallest absolute Gasteiger partial charge is 0.232 e. The number of aryl methyl sites for hydroxylation is 1. The maximum absolute atomic E-state index is 4.48. The second kappa shape index (κ2) is 3.03. The predicted octanol–water partition coefficient (Wildman–Crippen LogP) is 1.84. The molecule has 0 amide bonds. The van der Waals surface area contributed by atoms with Crippen molar-refractivity contribution in [3.05, 3.63) is 18.3 Å². The van der Waals surface area contributed by atoms with E-state index in [1.54, 1.807) is 23.1 Å². The van der Waals surface area contributed by atoms with E-state index in [0.29, 0.717) is 0 Å². The number of rotatable bonds is 1. The van der Waals surface area contributed by atoms with Crippen LogP contribution in [0.1, 0.15) is 0 Å². The number of pyridine rings is 1. The summed E-state index contributed by atoms with van der Waals surface area (Å²) in [5.74, 6) is 0. The van der Waals surface area contributed by atoms with Crippen molar-refractivity contribution in [2.24, 2.45) is 7.05 Å². The summed E-state index contributed by atoms with van der Waals surface area (Å²) in [4.78, 5) is 4.48. The molecule has 2 heterocycles. The summed E-state index contributed by atoms with van der Waals surface area (Å²) in [6.07, 6.45) is 4.07. The number of fused-ring (bicyclic) bond motifs is 1. The topological polar surface area (TPSA) is 16.8 Å². The van der Waals surface area contributed by atoms with Crippen molar-refractivity contribution in [3.63, 3.8) is 0 Å². The Morgan fingerprint density at radius 2 is 2.42 bits per heavy atom. The van der Waals surface area contributed by atoms with Crippen LogP contribution in [0.5, 0.6) is 0 Å². The van der Waals surface area contributed by atoms with Crippen molar-refractivity contribution in [1.82, 2.24) is 4.98 Å². The Balaban J connectivity index is 2.74. The van der Waals surface area contributed by atoms with Crippen molar-refractivity contribution < 1.29 is 4.57 Å². The molecule has 0 aliphatic carbocycles. The highest BCUT2D eigenvalue weighted by atomic mass is 32.2. The van der Waals surface area contributed by atoms with E-state index in [-0.39, 0.29) is 0 Å². The number of hydrogen-bond donors (Lipinski definition) is 0. The van der Waals surface area contributed by atoms with Gasteiger partial charge in [0.1, 0.15) is 4.70 Å². The standard InChI is InChI=1S/C8H9N2S2/c1-10-5-3-4-6-7(10)9-8(11-2)12-6/h3-5H,1-2H3/q+1. The van der Waals surface area contributed by atoms with E-state index in [9.17, 15) is 0 Å². The molecule has 0 fully saturated rings. The molecule has 2 aromatic heterocycles. The average Bonchev–Trinajstić information content (AvgIpc) is 2.49. The summed E-state index contributed by atoms with van der Waals surface area (Å²) in [5.41, 5.74) is 1.08. The lowest BCUT2D eigenvalue weighted by molar-refractivity contribution is -0.646. The molecule has 0 radical (unpaired) electrons. The fraction of sp³-hybridized carbons (Fsp3) is 0.250. The van der Waals surface area contributed by atoms with Crippen molar-refractivity contribution in [2.45, 2.75) is 4.34 Å². The highest BCUT2D eigenvalue weighted by molar-refractivity contribution is 8.00. The van der Waals surface area contributed by atoms with Crippen molar-refractivity contribution >= 4 is 33.4 Å². The summed E-state index contributed by atoms with van der Waals surface area (Å²) in [6.45, 7) is 0. The summed E-state index contributed by atoms with van der Waals surface area (Å²) >= 11 is 3.44. The van der Waals surface area contributed by atoms with Crippen LogP contribution >= 0.6 is 23.1 Å². The molecule has 0 aliphatic heterocycles. The minimum atomic E-state index is 1.08. The first-order valence-corrected chi connectivity index (χ1v) is 5.64. The molecule has 0 atom stereocenters. The Bertz CT molecular complexity index is 408. The maximum atomic E-state index is 4.48. The van der Waals surface area contributed by atoms with Gasteiger partial charge in [0.15, 0.2) is 0 Å². The van der Waals surface area contributed by atoms with Crippen LogP contribution in [-0.2, 0) is 7.05 Å². The van der Waals surface area contributed by atoms with E-state index in [0.717, 1.165) is 9.99 Å². The van der Waals surface area contributed by atoms with Gasteiger partial charge in [0, 0.05) is 0 Å². The van der Waals surface area contributed by atoms with Crippen LogP contribution in [-0.4, -0.2) is 11.2 Å². The first-order valence-electron chi connectivity index (χ1n) is 3.60. The van der Waals surface area contributed by atoms with Gasteiger partial charge in [-0.3, -0.25) is 0 Å². The molecule has 0 saturated carbocycles. The van der Waals surface area contributed by atoms with E-state index in [1.165, 1.54) is 4.70 Å². The lowest BCUT2D eigenvalue weighted by Crippen LogP contribution is -2.27. The maximum Gasteiger partial charge on any atom is 0.342 e. The quantitative estimate of drug-likeness (QED) is 0.512. The molecule has 0 bridgehead atoms. The fourth-order valence-electron chi connectivity index (χ4n) is 1.08. The Labute approximate surface area is 79.3 Å². The number of nitrogens with zero attached hydrogens (tertiary/aromatic N) is 2. The number of thiazole rings is 1. The van der Waals surface area contributed by atoms with E-state index < -0.39 is 0 Å². The van der Waals surface area contributed by atoms with E-state index in [1.807, 2.05) is 23.9 Å². The minimum absolute atomic E-state index is 1.08. The molecule has 2 aromatic rings. The third-order valence-corrected chi connectivity index (χ3v) is 3.68. The van der Waals surface area contributed by atoms with E-state index >= 15 is 0 Å². The second-order valence-corrected chi connectivity index (χ2v) is 4.57. The van der Waals surface area contributed by atoms with Crippen LogP contribution < -0.4 is 4.57 Å². The molecule has 0 aliphatic rings. The van der Waals surface area contributed by atoms with Crippen molar-refractivity contribution in [1.29, 1.82) is 0 Å². The average molecular weight is 197 g/mol. The third-order valence-electron chi connectivity index (χ3n) is 1.68. The van der Waals surface area contributed by atoms with E-state index in [4.69, 9.17) is 0 Å². The molecule has 0 aromatic carbocycles. The molecule has 0 saturated heterocycles. The van der Waals surface area contributed by atoms with Crippen molar-refractivity contribution in [2.75, 3.05) is 6.26 Å². The molecule has 0 spiro atoms. The van der Waals surface area contributed by atoms with Gasteiger partial charge in [-0.2, -0.15) is 0 Å². The van der Waals surface area contributed by atoms with Crippen LogP contribution in [0.3, 0.4) is 0 Å². The van der Waals surface area contributed by atoms with E-state index in [2.05, 4.69) is 17.3 Å². The Morgan fingerprint density at radius 1 is 1.58 bits per heavy atom. The summed E-state index contributed by atoms with van der Waals surface area (Å²) < 4.78 is 4.43. The van der Waals surface area contributed by atoms with Crippen LogP contribution in [0.25, 0.3) is 10.3 Å². The molecule has 62 valence electrons. The Kier molecular flexibility index (Phi) is 2.02. The SMILES string of the molecule is CSc1nc2c(ccc[n+]2C)s1. The van der Waals surface area contributed by atoms with Crippen molar-refractivity contribution in [3.8, 4) is 0 Å². The van der Waals surface area contributed by atoms with Gasteiger partial charge in [0.2, 0.25) is 0 Å². The zero-order chi connectivity index (χ0) is 8.55. The first kappa shape index (κ1) is 8.01. The molecule has 12 heavy (non-hydrogen) atoms. The highest BCUT2D eigenvalue weighted by Gasteiger charge is 2.12. The van der Waals surface area contributed by atoms with Crippen LogP contribution in [0.4, 0.5) is 0 Å². The van der Waals surface area contributed by atoms with Crippen LogP contribution in [0.15, 0.2) is 22.7 Å². The number of aromatic nitrogens is 2. The summed E-state index contributed by atoms with van der Waals surface area (Å²) in [5, 5.41) is 0. The summed E-state index contributed by atoms with van der Waals surface area (Å²) in [7, 11) is 2.02. The second-order valence-electron chi connectivity index (χ2n) is 2.49. The largest absolute Gasteiger partial charge is 0.342 e. The molecule has 0 N–H and O–H groups in total. The molecule has 4 heteroatoms. The molecular formula is C8H9N2S2+. The van der Waals surface area contributed by atoms with Gasteiger partial charge in [-0.25, -0.2) is 4.57 Å². The monoisotopic (exact) mass is 197 g/mol. The minimum Gasteiger partial charge on any atom is -0.232 e. The van der Waals surface area contributed by atoms with Gasteiger partial charge in [0.25, 0.3) is 4.34 Å². The Morgan fingerprint density at radius 3 is 3.08 bits per heavy atom. The fourth-order valence-corrected chi connectivity index (χ4v) is 2.61. The first-order chi connectivity index (χ1) is 5.81. The van der Waals surface area contributed by atoms with Gasteiger partial charge in [-0.1, -0.05) is 23.1 Å². The number of thioether (sulfide) groups is 1. The Hall–Kier alpha value is -0.610. The van der Waals surface area contributed by atoms with Crippen LogP contribution in [0.2, 0.25) is 0 Å². The third kappa shape index (κ3) is 1.21. The highest BCUT2D eigenvalue weighted by Crippen LogP contribution is 2.25. The van der Waals surface area contributed by atoms with Gasteiger partial charge in [0.05, 0.1) is 13.2 Å². The molecule has 0 unspecified atom stereocenters. The zero-order valence-electron chi connectivity index (χ0n) is 6.94. The number of hydrogen-bond acceptors (Lipinski definition) is 3. The lowest BCUT2D eigenvalue weighted by Gasteiger charge is -1.86. The molecule has 2 nitrogen and oxygen atoms in total. The van der Waals surface area contributed by atoms with Gasteiger partial charge < -0.3 is 0 Å².